The molecular weight excluding hydrogens is 1090 g/mol. The molecule has 3 unspecified atom stereocenters. The molecule has 0 radical (unpaired) electrons. The number of rotatable bonds is 75. The summed E-state index contributed by atoms with van der Waals surface area (Å²) in [6.07, 6.45) is 91.2. The van der Waals surface area contributed by atoms with Crippen LogP contribution in [0.4, 0.5) is 0 Å². The van der Waals surface area contributed by atoms with Crippen LogP contribution in [0.2, 0.25) is 0 Å². The first-order valence-electron chi connectivity index (χ1n) is 39.6. The van der Waals surface area contributed by atoms with E-state index in [2.05, 4.69) is 19.2 Å². The summed E-state index contributed by atoms with van der Waals surface area (Å²) in [5.41, 5.74) is 0. The standard InChI is InChI=1S/C78H157N2O6P/c1-6-8-10-12-14-16-18-20-22-24-26-28-30-32-34-36-37-38-39-40-41-42-43-44-46-48-50-52-54-56-58-60-62-64-66-68-70-72-78(82)79-76(75-86-87(83,84)85-74-73-80(3,4)5)77(81)71-69-67-65-63-61-59-57-55-53-51-49-47-45-35-33-31-29-27-25-23-21-19-17-15-13-11-9-7-2/h69,71,76-77,81H,6-68,70,72-75H2,1-5H3,(H-,79,82,83,84)/p+1/b71-69+. The molecule has 3 N–H and O–H groups in total. The van der Waals surface area contributed by atoms with Gasteiger partial charge in [0.25, 0.3) is 0 Å². The molecule has 0 spiro atoms. The maximum absolute atomic E-state index is 13.1. The van der Waals surface area contributed by atoms with Gasteiger partial charge in [-0.15, -0.1) is 0 Å². The van der Waals surface area contributed by atoms with Crippen molar-refractivity contribution in [1.82, 2.24) is 5.32 Å². The number of nitrogens with one attached hydrogen (secondary N) is 1. The highest BCUT2D eigenvalue weighted by Crippen LogP contribution is 2.43. The Bertz CT molecular complexity index is 1420. The molecule has 0 fully saturated rings. The molecule has 0 aromatic rings. The summed E-state index contributed by atoms with van der Waals surface area (Å²) < 4.78 is 23.9. The van der Waals surface area contributed by atoms with Crippen molar-refractivity contribution < 1.29 is 32.9 Å². The fraction of sp³-hybridized carbons (Fsp3) is 0.962. The molecular formula is C78H158N2O6P+. The van der Waals surface area contributed by atoms with Crippen LogP contribution >= 0.6 is 7.82 Å². The quantitative estimate of drug-likeness (QED) is 0.0243. The zero-order valence-corrected chi connectivity index (χ0v) is 60.7. The lowest BCUT2D eigenvalue weighted by atomic mass is 10.0. The Kier molecular flexibility index (Phi) is 69.0. The Balaban J connectivity index is 3.92. The van der Waals surface area contributed by atoms with Gasteiger partial charge in [0, 0.05) is 6.42 Å². The molecule has 1 amide bonds. The van der Waals surface area contributed by atoms with E-state index in [4.69, 9.17) is 9.05 Å². The second kappa shape index (κ2) is 69.6. The Morgan fingerprint density at radius 2 is 0.609 bits per heavy atom. The van der Waals surface area contributed by atoms with Gasteiger partial charge in [0.05, 0.1) is 39.9 Å². The van der Waals surface area contributed by atoms with Gasteiger partial charge < -0.3 is 19.8 Å². The maximum atomic E-state index is 13.1. The molecule has 0 aliphatic heterocycles. The number of carbonyl (C=O) groups is 1. The minimum absolute atomic E-state index is 0.0656. The van der Waals surface area contributed by atoms with Gasteiger partial charge in [0.2, 0.25) is 5.91 Å². The minimum Gasteiger partial charge on any atom is -0.387 e. The van der Waals surface area contributed by atoms with Crippen LogP contribution in [0.5, 0.6) is 0 Å². The van der Waals surface area contributed by atoms with E-state index in [0.717, 1.165) is 32.1 Å². The average molecular weight is 1250 g/mol. The Morgan fingerprint density at radius 3 is 0.851 bits per heavy atom. The molecule has 0 rings (SSSR count). The predicted octanol–water partition coefficient (Wildman–Crippen LogP) is 25.6. The van der Waals surface area contributed by atoms with Gasteiger partial charge in [-0.3, -0.25) is 13.8 Å². The van der Waals surface area contributed by atoms with Crippen molar-refractivity contribution in [2.24, 2.45) is 0 Å². The lowest BCUT2D eigenvalue weighted by molar-refractivity contribution is -0.870. The van der Waals surface area contributed by atoms with Crippen LogP contribution in [0.1, 0.15) is 431 Å². The number of hydrogen-bond donors (Lipinski definition) is 3. The predicted molar refractivity (Wildman–Crippen MR) is 383 cm³/mol. The van der Waals surface area contributed by atoms with E-state index in [1.54, 1.807) is 6.08 Å². The van der Waals surface area contributed by atoms with E-state index in [9.17, 15) is 19.4 Å². The van der Waals surface area contributed by atoms with Gasteiger partial charge in [-0.1, -0.05) is 418 Å². The summed E-state index contributed by atoms with van der Waals surface area (Å²) in [7, 11) is 1.60. The van der Waals surface area contributed by atoms with Gasteiger partial charge in [0.15, 0.2) is 0 Å². The van der Waals surface area contributed by atoms with Crippen LogP contribution in [-0.4, -0.2) is 73.4 Å². The third kappa shape index (κ3) is 72.5. The Hall–Kier alpha value is -0.760. The average Bonchev–Trinajstić information content (AvgIpc) is 3.69. The molecule has 0 saturated carbocycles. The molecule has 0 bridgehead atoms. The molecule has 87 heavy (non-hydrogen) atoms. The second-order valence-electron chi connectivity index (χ2n) is 28.8. The monoisotopic (exact) mass is 1250 g/mol. The summed E-state index contributed by atoms with van der Waals surface area (Å²) in [6, 6.07) is -0.844. The SMILES string of the molecule is CCCCCCCCCCCCCCCCCCCCCCCCCCCC/C=C/C(O)C(COP(=O)(O)OCC[N+](C)(C)C)NC(=O)CCCCCCCCCCCCCCCCCCCCCCCCCCCCCCCCCCCCCCC. The fourth-order valence-electron chi connectivity index (χ4n) is 12.6. The minimum atomic E-state index is -4.35. The van der Waals surface area contributed by atoms with Crippen molar-refractivity contribution in [3.63, 3.8) is 0 Å². The summed E-state index contributed by atoms with van der Waals surface area (Å²) in [4.78, 5) is 23.5. The van der Waals surface area contributed by atoms with Crippen molar-refractivity contribution in [1.29, 1.82) is 0 Å². The number of unbranched alkanes of at least 4 members (excludes halogenated alkanes) is 62. The first kappa shape index (κ1) is 86.2. The molecule has 0 aliphatic carbocycles. The van der Waals surface area contributed by atoms with Gasteiger partial charge in [-0.2, -0.15) is 0 Å². The molecule has 3 atom stereocenters. The lowest BCUT2D eigenvalue weighted by Gasteiger charge is -2.25. The number of aliphatic hydroxyl groups is 1. The first-order chi connectivity index (χ1) is 42.5. The number of phosphoric ester groups is 1. The topological polar surface area (TPSA) is 105 Å². The molecule has 0 heterocycles. The highest BCUT2D eigenvalue weighted by atomic mass is 31.2. The summed E-state index contributed by atoms with van der Waals surface area (Å²) >= 11 is 0. The zero-order valence-electron chi connectivity index (χ0n) is 59.8. The number of likely N-dealkylation sites (N-methyl/N-ethyl adjacent to an activating group) is 1. The number of nitrogens with zero attached hydrogens (tertiary/aromatic N) is 1. The molecule has 0 aromatic heterocycles. The fourth-order valence-corrected chi connectivity index (χ4v) is 13.4. The number of phosphoric acid groups is 1. The van der Waals surface area contributed by atoms with Crippen molar-refractivity contribution in [2.75, 3.05) is 40.9 Å². The van der Waals surface area contributed by atoms with E-state index in [1.165, 1.54) is 379 Å². The third-order valence-electron chi connectivity index (χ3n) is 18.8. The van der Waals surface area contributed by atoms with E-state index < -0.39 is 20.0 Å². The van der Waals surface area contributed by atoms with Crippen LogP contribution in [0.15, 0.2) is 12.2 Å². The van der Waals surface area contributed by atoms with Crippen LogP contribution in [0, 0.1) is 0 Å². The van der Waals surface area contributed by atoms with Crippen LogP contribution in [0.25, 0.3) is 0 Å². The van der Waals surface area contributed by atoms with Gasteiger partial charge >= 0.3 is 7.82 Å². The van der Waals surface area contributed by atoms with Gasteiger partial charge in [-0.25, -0.2) is 4.57 Å². The number of amides is 1. The van der Waals surface area contributed by atoms with Crippen LogP contribution < -0.4 is 5.32 Å². The van der Waals surface area contributed by atoms with Crippen molar-refractivity contribution in [2.45, 2.75) is 443 Å². The largest absolute Gasteiger partial charge is 0.472 e. The van der Waals surface area contributed by atoms with E-state index in [0.29, 0.717) is 17.4 Å². The second-order valence-corrected chi connectivity index (χ2v) is 30.3. The zero-order chi connectivity index (χ0) is 63.4. The molecule has 0 saturated heterocycles. The highest BCUT2D eigenvalue weighted by Gasteiger charge is 2.28. The van der Waals surface area contributed by atoms with Crippen LogP contribution in [-0.2, 0) is 18.4 Å². The molecule has 0 aliphatic rings. The lowest BCUT2D eigenvalue weighted by Crippen LogP contribution is -2.45. The Morgan fingerprint density at radius 1 is 0.379 bits per heavy atom. The van der Waals surface area contributed by atoms with E-state index in [-0.39, 0.29) is 19.1 Å². The van der Waals surface area contributed by atoms with Crippen molar-refractivity contribution >= 4 is 13.7 Å². The number of carbonyl (C=O) groups excluding carboxylic acids is 1. The van der Waals surface area contributed by atoms with Gasteiger partial charge in [0.1, 0.15) is 13.2 Å². The third-order valence-corrected chi connectivity index (χ3v) is 19.7. The smallest absolute Gasteiger partial charge is 0.387 e. The number of hydrogen-bond acceptors (Lipinski definition) is 5. The number of allylic oxidation sites excluding steroid dienone is 1. The van der Waals surface area contributed by atoms with Gasteiger partial charge in [-0.05, 0) is 19.3 Å². The van der Waals surface area contributed by atoms with Crippen molar-refractivity contribution in [3.05, 3.63) is 12.2 Å². The van der Waals surface area contributed by atoms with Crippen molar-refractivity contribution in [3.8, 4) is 0 Å². The summed E-state index contributed by atoms with van der Waals surface area (Å²) in [6.45, 7) is 4.90. The summed E-state index contributed by atoms with van der Waals surface area (Å²) in [5, 5.41) is 14.1. The molecule has 8 nitrogen and oxygen atoms in total. The normalized spacial score (nSPS) is 13.5. The number of aliphatic hydroxyl groups excluding tert-OH is 1. The molecule has 520 valence electrons. The summed E-state index contributed by atoms with van der Waals surface area (Å²) in [5.74, 6) is -0.165. The molecule has 0 aromatic carbocycles. The highest BCUT2D eigenvalue weighted by molar-refractivity contribution is 7.47. The van der Waals surface area contributed by atoms with E-state index >= 15 is 0 Å². The van der Waals surface area contributed by atoms with E-state index in [1.807, 2.05) is 27.2 Å². The maximum Gasteiger partial charge on any atom is 0.472 e. The number of quaternary nitrogens is 1. The van der Waals surface area contributed by atoms with Crippen LogP contribution in [0.3, 0.4) is 0 Å². The first-order valence-corrected chi connectivity index (χ1v) is 41.1. The Labute approximate surface area is 545 Å². The molecule has 9 heteroatoms.